The Hall–Kier alpha value is -2.11. The van der Waals surface area contributed by atoms with Crippen LogP contribution in [0.2, 0.25) is 0 Å². The molecule has 1 aromatic carbocycles. The highest BCUT2D eigenvalue weighted by Gasteiger charge is 2.11. The molecule has 3 rings (SSSR count). The van der Waals surface area contributed by atoms with Crippen LogP contribution in [-0.4, -0.2) is 10.5 Å². The molecule has 5 nitrogen and oxygen atoms in total. The number of hydrogen-bond donors (Lipinski definition) is 2. The third kappa shape index (κ3) is 3.37. The van der Waals surface area contributed by atoms with Crippen molar-refractivity contribution < 1.29 is 4.79 Å². The molecule has 0 saturated heterocycles. The average Bonchev–Trinajstić information content (AvgIpc) is 2.95. The lowest BCUT2D eigenvalue weighted by molar-refractivity contribution is 0.0950. The van der Waals surface area contributed by atoms with Crippen molar-refractivity contribution in [2.75, 3.05) is 0 Å². The minimum Gasteiger partial charge on any atom is -0.348 e. The van der Waals surface area contributed by atoms with Gasteiger partial charge >= 0.3 is 0 Å². The number of aryl methyl sites for hydroxylation is 1. The molecule has 0 unspecified atom stereocenters. The van der Waals surface area contributed by atoms with Crippen LogP contribution in [0.1, 0.15) is 27.0 Å². The van der Waals surface area contributed by atoms with E-state index in [4.69, 9.17) is 0 Å². The maximum atomic E-state index is 12.0. The third-order valence-corrected chi connectivity index (χ3v) is 3.72. The molecule has 0 saturated carbocycles. The summed E-state index contributed by atoms with van der Waals surface area (Å²) in [5.74, 6) is -0.230. The monoisotopic (exact) mass is 319 g/mol. The van der Waals surface area contributed by atoms with E-state index in [1.54, 1.807) is 19.3 Å². The number of nitrogens with one attached hydrogen (secondary N) is 2. The summed E-state index contributed by atoms with van der Waals surface area (Å²) in [6, 6.07) is 9.22. The molecule has 2 aromatic rings. The van der Waals surface area contributed by atoms with E-state index in [1.165, 1.54) is 21.8 Å². The van der Waals surface area contributed by atoms with E-state index in [-0.39, 0.29) is 23.9 Å². The zero-order valence-electron chi connectivity index (χ0n) is 12.3. The van der Waals surface area contributed by atoms with Crippen LogP contribution in [0.3, 0.4) is 0 Å². The number of fused-ring (bicyclic) bond motifs is 1. The molecule has 0 aliphatic carbocycles. The molecule has 2 heterocycles. The number of carbonyl (C=O) groups is 1. The summed E-state index contributed by atoms with van der Waals surface area (Å²) < 4.78 is 1.43. The van der Waals surface area contributed by atoms with E-state index in [9.17, 15) is 9.59 Å². The second-order valence-corrected chi connectivity index (χ2v) is 5.25. The van der Waals surface area contributed by atoms with Crippen molar-refractivity contribution in [3.05, 3.63) is 69.1 Å². The fourth-order valence-electron chi connectivity index (χ4n) is 2.43. The second kappa shape index (κ2) is 6.77. The Morgan fingerprint density at radius 1 is 1.23 bits per heavy atom. The third-order valence-electron chi connectivity index (χ3n) is 3.72. The van der Waals surface area contributed by atoms with Gasteiger partial charge in [0.05, 0.1) is 0 Å². The number of hydrogen-bond acceptors (Lipinski definition) is 3. The molecular weight excluding hydrogens is 302 g/mol. The number of nitrogens with zero attached hydrogens (tertiary/aromatic N) is 1. The smallest absolute Gasteiger partial charge is 0.251 e. The topological polar surface area (TPSA) is 63.1 Å². The van der Waals surface area contributed by atoms with E-state index in [0.717, 1.165) is 18.7 Å². The second-order valence-electron chi connectivity index (χ2n) is 5.25. The first-order valence-corrected chi connectivity index (χ1v) is 6.90. The van der Waals surface area contributed by atoms with Gasteiger partial charge in [-0.05, 0) is 22.8 Å². The Kier molecular flexibility index (Phi) is 5.00. The van der Waals surface area contributed by atoms with Gasteiger partial charge in [-0.3, -0.25) is 9.59 Å². The fourth-order valence-corrected chi connectivity index (χ4v) is 2.43. The number of benzene rings is 1. The van der Waals surface area contributed by atoms with Crippen LogP contribution in [0.5, 0.6) is 0 Å². The van der Waals surface area contributed by atoms with Gasteiger partial charge in [0.2, 0.25) is 0 Å². The molecule has 6 heteroatoms. The maximum Gasteiger partial charge on any atom is 0.251 e. The van der Waals surface area contributed by atoms with Gasteiger partial charge in [0.1, 0.15) is 0 Å². The number of rotatable bonds is 3. The maximum absolute atomic E-state index is 12.0. The molecule has 22 heavy (non-hydrogen) atoms. The minimum absolute atomic E-state index is 0. The predicted molar refractivity (Wildman–Crippen MR) is 87.1 cm³/mol. The molecule has 0 fully saturated rings. The number of amides is 1. The summed E-state index contributed by atoms with van der Waals surface area (Å²) >= 11 is 0. The lowest BCUT2D eigenvalue weighted by atomic mass is 10.1. The molecule has 1 aliphatic heterocycles. The van der Waals surface area contributed by atoms with Crippen molar-refractivity contribution in [2.45, 2.75) is 19.6 Å². The van der Waals surface area contributed by atoms with E-state index in [1.807, 2.05) is 6.07 Å². The lowest BCUT2D eigenvalue weighted by Gasteiger charge is -2.07. The quantitative estimate of drug-likeness (QED) is 0.897. The summed E-state index contributed by atoms with van der Waals surface area (Å²) in [4.78, 5) is 23.6. The molecule has 116 valence electrons. The van der Waals surface area contributed by atoms with Gasteiger partial charge < -0.3 is 15.2 Å². The Morgan fingerprint density at radius 2 is 2.00 bits per heavy atom. The summed E-state index contributed by atoms with van der Waals surface area (Å²) in [5.41, 5.74) is 3.87. The van der Waals surface area contributed by atoms with Crippen LogP contribution in [0.15, 0.2) is 41.3 Å². The number of aromatic nitrogens is 1. The van der Waals surface area contributed by atoms with Crippen molar-refractivity contribution in [2.24, 2.45) is 7.05 Å². The van der Waals surface area contributed by atoms with Crippen molar-refractivity contribution in [3.63, 3.8) is 0 Å². The first-order chi connectivity index (χ1) is 10.1. The molecule has 2 N–H and O–H groups in total. The minimum atomic E-state index is -0.230. The standard InChI is InChI=1S/C16H17N3O2.ClH/c1-19-5-4-12(7-15(19)20)16(21)18-8-11-2-3-13-9-17-10-14(13)6-11;/h2-7,17H,8-10H2,1H3,(H,18,21);1H. The first kappa shape index (κ1) is 16.3. The SMILES string of the molecule is Cl.Cn1ccc(C(=O)NCc2ccc3c(c2)CNC3)cc1=O. The van der Waals surface area contributed by atoms with Crippen molar-refractivity contribution in [3.8, 4) is 0 Å². The number of halogens is 1. The molecule has 1 aromatic heterocycles. The van der Waals surface area contributed by atoms with Crippen molar-refractivity contribution in [1.29, 1.82) is 0 Å². The van der Waals surface area contributed by atoms with Gasteiger partial charge in [0.15, 0.2) is 0 Å². The van der Waals surface area contributed by atoms with Crippen LogP contribution in [0, 0.1) is 0 Å². The summed E-state index contributed by atoms with van der Waals surface area (Å²) in [7, 11) is 1.66. The van der Waals surface area contributed by atoms with E-state index < -0.39 is 0 Å². The predicted octanol–water partition coefficient (Wildman–Crippen LogP) is 1.34. The first-order valence-electron chi connectivity index (χ1n) is 6.90. The normalized spacial score (nSPS) is 12.4. The highest BCUT2D eigenvalue weighted by atomic mass is 35.5. The highest BCUT2D eigenvalue weighted by molar-refractivity contribution is 5.93. The Morgan fingerprint density at radius 3 is 2.77 bits per heavy atom. The number of pyridine rings is 1. The Balaban J connectivity index is 0.00000176. The zero-order chi connectivity index (χ0) is 14.8. The van der Waals surface area contributed by atoms with Crippen LogP contribution in [-0.2, 0) is 26.7 Å². The summed E-state index contributed by atoms with van der Waals surface area (Å²) in [6.45, 7) is 2.25. The molecule has 1 aliphatic rings. The molecule has 0 atom stereocenters. The summed E-state index contributed by atoms with van der Waals surface area (Å²) in [6.07, 6.45) is 1.60. The highest BCUT2D eigenvalue weighted by Crippen LogP contribution is 2.16. The zero-order valence-corrected chi connectivity index (χ0v) is 13.1. The van der Waals surface area contributed by atoms with Crippen molar-refractivity contribution >= 4 is 18.3 Å². The van der Waals surface area contributed by atoms with E-state index in [0.29, 0.717) is 12.1 Å². The lowest BCUT2D eigenvalue weighted by Crippen LogP contribution is -2.25. The van der Waals surface area contributed by atoms with Crippen LogP contribution in [0.4, 0.5) is 0 Å². The van der Waals surface area contributed by atoms with Crippen molar-refractivity contribution in [1.82, 2.24) is 15.2 Å². The molecule has 0 spiro atoms. The van der Waals surface area contributed by atoms with Gasteiger partial charge in [-0.25, -0.2) is 0 Å². The van der Waals surface area contributed by atoms with Gasteiger partial charge in [-0.15, -0.1) is 12.4 Å². The van der Waals surface area contributed by atoms with Crippen LogP contribution < -0.4 is 16.2 Å². The largest absolute Gasteiger partial charge is 0.348 e. The van der Waals surface area contributed by atoms with Crippen LogP contribution in [0.25, 0.3) is 0 Å². The molecule has 0 radical (unpaired) electrons. The molecule has 0 bridgehead atoms. The molecule has 1 amide bonds. The number of carbonyl (C=O) groups excluding carboxylic acids is 1. The van der Waals surface area contributed by atoms with Crippen LogP contribution >= 0.6 is 12.4 Å². The molecular formula is C16H18ClN3O2. The van der Waals surface area contributed by atoms with Gasteiger partial charge in [0.25, 0.3) is 11.5 Å². The Bertz CT molecular complexity index is 755. The Labute approximate surface area is 134 Å². The van der Waals surface area contributed by atoms with E-state index in [2.05, 4.69) is 22.8 Å². The van der Waals surface area contributed by atoms with Gasteiger partial charge in [-0.2, -0.15) is 0 Å². The van der Waals surface area contributed by atoms with E-state index >= 15 is 0 Å². The van der Waals surface area contributed by atoms with Gasteiger partial charge in [0, 0.05) is 44.5 Å². The average molecular weight is 320 g/mol. The fraction of sp³-hybridized carbons (Fsp3) is 0.250. The summed E-state index contributed by atoms with van der Waals surface area (Å²) in [5, 5.41) is 6.14. The van der Waals surface area contributed by atoms with Gasteiger partial charge in [-0.1, -0.05) is 18.2 Å².